The zero-order valence-corrected chi connectivity index (χ0v) is 21.8. The summed E-state index contributed by atoms with van der Waals surface area (Å²) in [6.45, 7) is 7.31. The van der Waals surface area contributed by atoms with Crippen molar-refractivity contribution < 1.29 is 17.9 Å². The maximum atomic E-state index is 13.5. The molecule has 0 spiro atoms. The van der Waals surface area contributed by atoms with Crippen LogP contribution in [0.1, 0.15) is 74.1 Å². The fourth-order valence-corrected chi connectivity index (χ4v) is 5.99. The SMILES string of the molecule is CCCOc1ccc(S(=O)(=O)N(C)CC2CCCCC2)cc1C1=Nc2c(nn(CC)c2C)C(=O)[N]1. The monoisotopic (exact) mass is 500 g/mol. The van der Waals surface area contributed by atoms with Crippen LogP contribution in [0.15, 0.2) is 28.1 Å². The summed E-state index contributed by atoms with van der Waals surface area (Å²) in [6, 6.07) is 4.71. The van der Waals surface area contributed by atoms with Crippen LogP contribution in [0.25, 0.3) is 0 Å². The van der Waals surface area contributed by atoms with Crippen LogP contribution in [-0.2, 0) is 16.6 Å². The molecule has 9 nitrogen and oxygen atoms in total. The fourth-order valence-electron chi connectivity index (χ4n) is 4.72. The van der Waals surface area contributed by atoms with Crippen molar-refractivity contribution in [2.45, 2.75) is 70.7 Å². The predicted molar refractivity (Wildman–Crippen MR) is 134 cm³/mol. The molecule has 4 rings (SSSR count). The maximum Gasteiger partial charge on any atom is 0.301 e. The average Bonchev–Trinajstić information content (AvgIpc) is 3.19. The van der Waals surface area contributed by atoms with Gasteiger partial charge in [0.1, 0.15) is 11.4 Å². The van der Waals surface area contributed by atoms with Gasteiger partial charge in [-0.3, -0.25) is 9.48 Å². The van der Waals surface area contributed by atoms with Gasteiger partial charge in [0.05, 0.1) is 22.8 Å². The van der Waals surface area contributed by atoms with E-state index >= 15 is 0 Å². The highest BCUT2D eigenvalue weighted by atomic mass is 32.2. The second-order valence-electron chi connectivity index (χ2n) is 9.25. The summed E-state index contributed by atoms with van der Waals surface area (Å²) in [5, 5.41) is 8.48. The van der Waals surface area contributed by atoms with Crippen molar-refractivity contribution >= 4 is 27.5 Å². The maximum absolute atomic E-state index is 13.5. The molecule has 189 valence electrons. The number of aryl methyl sites for hydroxylation is 1. The van der Waals surface area contributed by atoms with Crippen molar-refractivity contribution in [1.82, 2.24) is 19.4 Å². The summed E-state index contributed by atoms with van der Waals surface area (Å²) in [5.41, 5.74) is 1.81. The molecule has 1 fully saturated rings. The zero-order chi connectivity index (χ0) is 25.2. The standard InChI is InChI=1S/C25H34N5O4S/c1-5-14-34-21-13-12-19(35(32,33)29(4)16-18-10-8-7-9-11-18)15-20(21)24-26-22-17(3)30(6-2)28-23(22)25(31)27-24/h12-13,15,18H,5-11,14,16H2,1-4H3. The zero-order valence-electron chi connectivity index (χ0n) is 21.0. The topological polar surface area (TPSA) is 108 Å². The number of nitrogens with zero attached hydrogens (tertiary/aromatic N) is 5. The third-order valence-electron chi connectivity index (χ3n) is 6.70. The number of carbonyl (C=O) groups is 1. The molecule has 0 bridgehead atoms. The van der Waals surface area contributed by atoms with Crippen molar-refractivity contribution in [1.29, 1.82) is 0 Å². The van der Waals surface area contributed by atoms with Gasteiger partial charge in [-0.2, -0.15) is 10.4 Å². The Labute approximate surface area is 207 Å². The number of amidine groups is 1. The van der Waals surface area contributed by atoms with Gasteiger partial charge in [-0.15, -0.1) is 0 Å². The van der Waals surface area contributed by atoms with Gasteiger partial charge >= 0.3 is 5.91 Å². The van der Waals surface area contributed by atoms with Crippen LogP contribution in [0.5, 0.6) is 5.75 Å². The van der Waals surface area contributed by atoms with Crippen LogP contribution < -0.4 is 10.1 Å². The Balaban J connectivity index is 1.72. The number of rotatable bonds is 9. The molecule has 1 aliphatic carbocycles. The minimum atomic E-state index is -3.74. The van der Waals surface area contributed by atoms with Crippen molar-refractivity contribution in [3.63, 3.8) is 0 Å². The Hall–Kier alpha value is -2.72. The molecule has 10 heteroatoms. The number of fused-ring (bicyclic) bond motifs is 1. The number of aromatic nitrogens is 2. The highest BCUT2D eigenvalue weighted by Crippen LogP contribution is 2.32. The number of benzene rings is 1. The number of hydrogen-bond acceptors (Lipinski definition) is 6. The Morgan fingerprint density at radius 2 is 1.91 bits per heavy atom. The Morgan fingerprint density at radius 1 is 1.17 bits per heavy atom. The van der Waals surface area contributed by atoms with E-state index in [2.05, 4.69) is 15.4 Å². The third-order valence-corrected chi connectivity index (χ3v) is 8.52. The van der Waals surface area contributed by atoms with Crippen molar-refractivity contribution in [3.8, 4) is 5.75 Å². The number of hydrogen-bond donors (Lipinski definition) is 0. The Morgan fingerprint density at radius 3 is 2.60 bits per heavy atom. The largest absolute Gasteiger partial charge is 0.493 e. The minimum absolute atomic E-state index is 0.131. The van der Waals surface area contributed by atoms with E-state index < -0.39 is 15.9 Å². The molecule has 0 N–H and O–H groups in total. The number of ether oxygens (including phenoxy) is 1. The molecule has 1 amide bonds. The Bertz CT molecular complexity index is 1230. The van der Waals surface area contributed by atoms with Gasteiger partial charge in [0.2, 0.25) is 10.0 Å². The normalized spacial score (nSPS) is 16.7. The van der Waals surface area contributed by atoms with Crippen LogP contribution in [0.4, 0.5) is 5.69 Å². The molecule has 35 heavy (non-hydrogen) atoms. The van der Waals surface area contributed by atoms with E-state index in [0.29, 0.717) is 42.6 Å². The number of amides is 1. The molecule has 2 aromatic rings. The van der Waals surface area contributed by atoms with Crippen molar-refractivity contribution in [2.75, 3.05) is 20.2 Å². The first kappa shape index (κ1) is 25.4. The molecule has 0 saturated heterocycles. The lowest BCUT2D eigenvalue weighted by Crippen LogP contribution is -2.33. The van der Waals surface area contributed by atoms with E-state index in [9.17, 15) is 13.2 Å². The molecular formula is C25H34N5O4S. The Kier molecular flexibility index (Phi) is 7.61. The third kappa shape index (κ3) is 5.13. The molecule has 1 aliphatic heterocycles. The van der Waals surface area contributed by atoms with Crippen LogP contribution >= 0.6 is 0 Å². The van der Waals surface area contributed by atoms with Crippen LogP contribution in [0.2, 0.25) is 0 Å². The lowest BCUT2D eigenvalue weighted by atomic mass is 9.89. The molecule has 0 unspecified atom stereocenters. The predicted octanol–water partition coefficient (Wildman–Crippen LogP) is 4.04. The molecule has 1 radical (unpaired) electrons. The van der Waals surface area contributed by atoms with Gasteiger partial charge in [0.25, 0.3) is 0 Å². The number of aliphatic imine (C=N–C) groups is 1. The second-order valence-corrected chi connectivity index (χ2v) is 11.3. The first-order valence-electron chi connectivity index (χ1n) is 12.4. The molecule has 1 saturated carbocycles. The molecule has 1 aromatic carbocycles. The van der Waals surface area contributed by atoms with Gasteiger partial charge in [-0.25, -0.2) is 17.7 Å². The number of carbonyl (C=O) groups excluding carboxylic acids is 1. The minimum Gasteiger partial charge on any atom is -0.493 e. The highest BCUT2D eigenvalue weighted by molar-refractivity contribution is 7.89. The summed E-state index contributed by atoms with van der Waals surface area (Å²) in [7, 11) is -2.11. The lowest BCUT2D eigenvalue weighted by Gasteiger charge is -2.27. The molecule has 2 aliphatic rings. The van der Waals surface area contributed by atoms with Gasteiger partial charge < -0.3 is 4.74 Å². The highest BCUT2D eigenvalue weighted by Gasteiger charge is 2.31. The summed E-state index contributed by atoms with van der Waals surface area (Å²) in [5.74, 6) is 0.464. The lowest BCUT2D eigenvalue weighted by molar-refractivity contribution is 0.0967. The first-order chi connectivity index (χ1) is 16.8. The quantitative estimate of drug-likeness (QED) is 0.516. The second kappa shape index (κ2) is 10.5. The summed E-state index contributed by atoms with van der Waals surface area (Å²) in [6.07, 6.45) is 6.41. The van der Waals surface area contributed by atoms with Gasteiger partial charge in [0.15, 0.2) is 11.5 Å². The van der Waals surface area contributed by atoms with E-state index in [4.69, 9.17) is 4.74 Å². The summed E-state index contributed by atoms with van der Waals surface area (Å²) in [4.78, 5) is 17.6. The van der Waals surface area contributed by atoms with E-state index in [1.54, 1.807) is 23.9 Å². The summed E-state index contributed by atoms with van der Waals surface area (Å²) < 4.78 is 36.0. The molecule has 0 atom stereocenters. The molecular weight excluding hydrogens is 466 g/mol. The molecule has 2 heterocycles. The number of sulfonamides is 1. The smallest absolute Gasteiger partial charge is 0.301 e. The summed E-state index contributed by atoms with van der Waals surface area (Å²) >= 11 is 0. The fraction of sp³-hybridized carbons (Fsp3) is 0.560. The van der Waals surface area contributed by atoms with E-state index in [1.165, 1.54) is 16.8 Å². The van der Waals surface area contributed by atoms with Gasteiger partial charge in [-0.1, -0.05) is 26.2 Å². The van der Waals surface area contributed by atoms with Crippen LogP contribution in [0.3, 0.4) is 0 Å². The van der Waals surface area contributed by atoms with Crippen LogP contribution in [0, 0.1) is 12.8 Å². The van der Waals surface area contributed by atoms with Gasteiger partial charge in [0, 0.05) is 20.1 Å². The van der Waals surface area contributed by atoms with E-state index in [1.807, 2.05) is 20.8 Å². The van der Waals surface area contributed by atoms with Crippen LogP contribution in [-0.4, -0.2) is 54.4 Å². The molecule has 1 aromatic heterocycles. The van der Waals surface area contributed by atoms with E-state index in [0.717, 1.165) is 37.8 Å². The van der Waals surface area contributed by atoms with Crippen molar-refractivity contribution in [2.24, 2.45) is 10.9 Å². The van der Waals surface area contributed by atoms with Gasteiger partial charge in [-0.05, 0) is 57.2 Å². The van der Waals surface area contributed by atoms with Crippen molar-refractivity contribution in [3.05, 3.63) is 35.2 Å². The van der Waals surface area contributed by atoms with E-state index in [-0.39, 0.29) is 16.4 Å². The first-order valence-corrected chi connectivity index (χ1v) is 13.9. The average molecular weight is 501 g/mol.